The molecule has 2 aliphatic rings. The number of rotatable bonds is 3. The van der Waals surface area contributed by atoms with Crippen molar-refractivity contribution in [2.75, 3.05) is 5.75 Å². The summed E-state index contributed by atoms with van der Waals surface area (Å²) < 4.78 is 0. The first kappa shape index (κ1) is 15.2. The largest absolute Gasteiger partial charge is 0.508 e. The van der Waals surface area contributed by atoms with E-state index in [0.29, 0.717) is 11.3 Å². The molecule has 6 heteroatoms. The molecule has 1 aromatic rings. The van der Waals surface area contributed by atoms with Gasteiger partial charge < -0.3 is 5.11 Å². The van der Waals surface area contributed by atoms with Crippen molar-refractivity contribution in [1.82, 2.24) is 10.4 Å². The third-order valence-corrected chi connectivity index (χ3v) is 5.47. The van der Waals surface area contributed by atoms with Crippen LogP contribution in [0.2, 0.25) is 0 Å². The van der Waals surface area contributed by atoms with Gasteiger partial charge in [-0.15, -0.1) is 11.8 Å². The fourth-order valence-corrected chi connectivity index (χ4v) is 4.18. The van der Waals surface area contributed by atoms with Gasteiger partial charge in [0.2, 0.25) is 5.91 Å². The Morgan fingerprint density at radius 3 is 2.68 bits per heavy atom. The molecule has 3 rings (SSSR count). The SMILES string of the molecule is O=C(NN1C(=O)CSC1c1ccccc1O)C1CCCCC1. The van der Waals surface area contributed by atoms with Crippen molar-refractivity contribution in [3.63, 3.8) is 0 Å². The van der Waals surface area contributed by atoms with Crippen molar-refractivity contribution in [3.8, 4) is 5.75 Å². The molecule has 1 atom stereocenters. The van der Waals surface area contributed by atoms with Crippen molar-refractivity contribution in [3.05, 3.63) is 29.8 Å². The number of nitrogens with one attached hydrogen (secondary N) is 1. The Morgan fingerprint density at radius 1 is 1.23 bits per heavy atom. The van der Waals surface area contributed by atoms with Gasteiger partial charge in [0, 0.05) is 11.5 Å². The number of carbonyl (C=O) groups excluding carboxylic acids is 2. The summed E-state index contributed by atoms with van der Waals surface area (Å²) in [5.74, 6) is 0.256. The molecular weight excluding hydrogens is 300 g/mol. The fraction of sp³-hybridized carbons (Fsp3) is 0.500. The van der Waals surface area contributed by atoms with Gasteiger partial charge in [0.15, 0.2) is 0 Å². The minimum Gasteiger partial charge on any atom is -0.508 e. The van der Waals surface area contributed by atoms with E-state index in [4.69, 9.17) is 0 Å². The van der Waals surface area contributed by atoms with E-state index in [9.17, 15) is 14.7 Å². The molecular formula is C16H20N2O3S. The lowest BCUT2D eigenvalue weighted by molar-refractivity contribution is -0.141. The molecule has 2 amide bonds. The maximum absolute atomic E-state index is 12.4. The second-order valence-corrected chi connectivity index (χ2v) is 6.87. The Bertz CT molecular complexity index is 572. The smallest absolute Gasteiger partial charge is 0.252 e. The van der Waals surface area contributed by atoms with Crippen molar-refractivity contribution in [2.45, 2.75) is 37.5 Å². The number of carbonyl (C=O) groups is 2. The van der Waals surface area contributed by atoms with Crippen molar-refractivity contribution >= 4 is 23.6 Å². The number of amides is 2. The number of aromatic hydroxyl groups is 1. The average Bonchev–Trinajstić information content (AvgIpc) is 2.90. The predicted octanol–water partition coefficient (Wildman–Crippen LogP) is 2.58. The van der Waals surface area contributed by atoms with Crippen LogP contribution in [0.5, 0.6) is 5.75 Å². The van der Waals surface area contributed by atoms with E-state index in [-0.39, 0.29) is 28.9 Å². The Morgan fingerprint density at radius 2 is 1.95 bits per heavy atom. The van der Waals surface area contributed by atoms with Gasteiger partial charge >= 0.3 is 0 Å². The second kappa shape index (κ2) is 6.60. The highest BCUT2D eigenvalue weighted by atomic mass is 32.2. The molecule has 1 unspecified atom stereocenters. The van der Waals surface area contributed by atoms with Crippen LogP contribution < -0.4 is 5.43 Å². The standard InChI is InChI=1S/C16H20N2O3S/c19-13-9-5-4-8-12(13)16-18(14(20)10-22-16)17-15(21)11-6-2-1-3-7-11/h4-5,8-9,11,16,19H,1-3,6-7,10H2,(H,17,21). The number of benzene rings is 1. The van der Waals surface area contributed by atoms with Gasteiger partial charge in [-0.05, 0) is 18.9 Å². The number of para-hydroxylation sites is 1. The van der Waals surface area contributed by atoms with Crippen molar-refractivity contribution in [2.24, 2.45) is 5.92 Å². The van der Waals surface area contributed by atoms with Crippen molar-refractivity contribution < 1.29 is 14.7 Å². The Hall–Kier alpha value is -1.69. The minimum absolute atomic E-state index is 0.00262. The highest BCUT2D eigenvalue weighted by Crippen LogP contribution is 2.41. The lowest BCUT2D eigenvalue weighted by Gasteiger charge is -2.28. The maximum atomic E-state index is 12.4. The first-order valence-corrected chi connectivity index (χ1v) is 8.74. The number of nitrogens with zero attached hydrogens (tertiary/aromatic N) is 1. The van der Waals surface area contributed by atoms with Crippen LogP contribution in [0.15, 0.2) is 24.3 Å². The molecule has 1 saturated heterocycles. The molecule has 2 N–H and O–H groups in total. The Balaban J connectivity index is 1.74. The van der Waals surface area contributed by atoms with Gasteiger partial charge in [-0.25, -0.2) is 5.01 Å². The first-order valence-electron chi connectivity index (χ1n) is 7.69. The van der Waals surface area contributed by atoms with Crippen LogP contribution in [0.4, 0.5) is 0 Å². The van der Waals surface area contributed by atoms with Gasteiger partial charge in [-0.3, -0.25) is 15.0 Å². The lowest BCUT2D eigenvalue weighted by Crippen LogP contribution is -2.47. The zero-order valence-corrected chi connectivity index (χ0v) is 13.1. The van der Waals surface area contributed by atoms with Crippen LogP contribution in [-0.4, -0.2) is 27.7 Å². The van der Waals surface area contributed by atoms with Gasteiger partial charge in [-0.1, -0.05) is 37.5 Å². The van der Waals surface area contributed by atoms with Crippen LogP contribution in [0.25, 0.3) is 0 Å². The monoisotopic (exact) mass is 320 g/mol. The molecule has 0 spiro atoms. The van der Waals surface area contributed by atoms with E-state index in [1.165, 1.54) is 23.2 Å². The van der Waals surface area contributed by atoms with Crippen LogP contribution >= 0.6 is 11.8 Å². The number of phenolic OH excluding ortho intramolecular Hbond substituents is 1. The van der Waals surface area contributed by atoms with Crippen LogP contribution in [-0.2, 0) is 9.59 Å². The molecule has 0 bridgehead atoms. The van der Waals surface area contributed by atoms with Gasteiger partial charge in [0.1, 0.15) is 11.1 Å². The highest BCUT2D eigenvalue weighted by Gasteiger charge is 2.36. The number of hydrogen-bond acceptors (Lipinski definition) is 4. The van der Waals surface area contributed by atoms with Gasteiger partial charge in [0.05, 0.1) is 5.75 Å². The summed E-state index contributed by atoms with van der Waals surface area (Å²) in [6, 6.07) is 6.94. The molecule has 1 aliphatic heterocycles. The quantitative estimate of drug-likeness (QED) is 0.898. The zero-order valence-electron chi connectivity index (χ0n) is 12.3. The molecule has 1 aromatic carbocycles. The molecule has 118 valence electrons. The molecule has 0 aromatic heterocycles. The van der Waals surface area contributed by atoms with E-state index < -0.39 is 0 Å². The number of hydrogen-bond donors (Lipinski definition) is 2. The van der Waals surface area contributed by atoms with Gasteiger partial charge in [-0.2, -0.15) is 0 Å². The van der Waals surface area contributed by atoms with Crippen LogP contribution in [0, 0.1) is 5.92 Å². The summed E-state index contributed by atoms with van der Waals surface area (Å²) in [6.07, 6.45) is 5.11. The summed E-state index contributed by atoms with van der Waals surface area (Å²) in [7, 11) is 0. The molecule has 1 heterocycles. The number of hydrazine groups is 1. The van der Waals surface area contributed by atoms with E-state index >= 15 is 0 Å². The normalized spacial score (nSPS) is 22.8. The highest BCUT2D eigenvalue weighted by molar-refractivity contribution is 8.00. The third kappa shape index (κ3) is 3.06. The lowest BCUT2D eigenvalue weighted by atomic mass is 9.89. The van der Waals surface area contributed by atoms with Gasteiger partial charge in [0.25, 0.3) is 5.91 Å². The molecule has 0 radical (unpaired) electrons. The summed E-state index contributed by atoms with van der Waals surface area (Å²) in [6.45, 7) is 0. The number of phenols is 1. The minimum atomic E-state index is -0.360. The van der Waals surface area contributed by atoms with E-state index in [2.05, 4.69) is 5.43 Å². The van der Waals surface area contributed by atoms with E-state index in [1.54, 1.807) is 18.2 Å². The molecule has 5 nitrogen and oxygen atoms in total. The molecule has 22 heavy (non-hydrogen) atoms. The summed E-state index contributed by atoms with van der Waals surface area (Å²) in [5.41, 5.74) is 3.44. The Labute approximate surface area is 134 Å². The molecule has 2 fully saturated rings. The Kier molecular flexibility index (Phi) is 4.57. The summed E-state index contributed by atoms with van der Waals surface area (Å²) >= 11 is 1.42. The van der Waals surface area contributed by atoms with Crippen LogP contribution in [0.1, 0.15) is 43.0 Å². The average molecular weight is 320 g/mol. The first-order chi connectivity index (χ1) is 10.7. The van der Waals surface area contributed by atoms with Crippen molar-refractivity contribution in [1.29, 1.82) is 0 Å². The topological polar surface area (TPSA) is 69.6 Å². The zero-order chi connectivity index (χ0) is 15.5. The number of thioether (sulfide) groups is 1. The summed E-state index contributed by atoms with van der Waals surface area (Å²) in [5, 5.41) is 11.0. The fourth-order valence-electron chi connectivity index (χ4n) is 3.05. The summed E-state index contributed by atoms with van der Waals surface area (Å²) in [4.78, 5) is 24.5. The van der Waals surface area contributed by atoms with Crippen LogP contribution in [0.3, 0.4) is 0 Å². The predicted molar refractivity (Wildman–Crippen MR) is 84.9 cm³/mol. The van der Waals surface area contributed by atoms with E-state index in [0.717, 1.165) is 25.7 Å². The molecule has 1 aliphatic carbocycles. The van der Waals surface area contributed by atoms with E-state index in [1.807, 2.05) is 6.07 Å². The molecule has 1 saturated carbocycles. The maximum Gasteiger partial charge on any atom is 0.252 e. The second-order valence-electron chi connectivity index (χ2n) is 5.80. The third-order valence-electron chi connectivity index (χ3n) is 4.28.